The Morgan fingerprint density at radius 2 is 0.837 bits per heavy atom. The van der Waals surface area contributed by atoms with Gasteiger partial charge in [0.15, 0.2) is 17.5 Å². The lowest BCUT2D eigenvalue weighted by Crippen LogP contribution is -2.00. The summed E-state index contributed by atoms with van der Waals surface area (Å²) in [6.07, 6.45) is 0. The fraction of sp³-hybridized carbons (Fsp3) is 0. The third-order valence-electron chi connectivity index (χ3n) is 8.27. The predicted molar refractivity (Wildman–Crippen MR) is 176 cm³/mol. The Kier molecular flexibility index (Phi) is 5.16. The van der Waals surface area contributed by atoms with Crippen molar-refractivity contribution in [2.75, 3.05) is 0 Å². The third kappa shape index (κ3) is 3.96. The molecule has 0 amide bonds. The number of fused-ring (bicyclic) bond motifs is 7. The zero-order chi connectivity index (χ0) is 28.3. The highest BCUT2D eigenvalue weighted by atomic mass is 16.3. The molecular weight excluding hydrogens is 526 g/mol. The number of rotatable bonds is 3. The molecular formula is C39H23N3O. The second-order valence-electron chi connectivity index (χ2n) is 10.9. The average Bonchev–Trinajstić information content (AvgIpc) is 3.47. The van der Waals surface area contributed by atoms with Gasteiger partial charge in [0.25, 0.3) is 0 Å². The lowest BCUT2D eigenvalue weighted by molar-refractivity contribution is 0.669. The molecule has 0 aliphatic carbocycles. The van der Waals surface area contributed by atoms with Gasteiger partial charge in [-0.15, -0.1) is 0 Å². The van der Waals surface area contributed by atoms with Crippen molar-refractivity contribution < 1.29 is 4.42 Å². The number of benzene rings is 7. The van der Waals surface area contributed by atoms with Gasteiger partial charge in [0.1, 0.15) is 11.2 Å². The molecule has 0 saturated carbocycles. The third-order valence-corrected chi connectivity index (χ3v) is 8.27. The van der Waals surface area contributed by atoms with E-state index in [4.69, 9.17) is 19.4 Å². The van der Waals surface area contributed by atoms with E-state index in [0.717, 1.165) is 60.2 Å². The molecule has 9 rings (SSSR count). The molecule has 9 aromatic rings. The molecule has 0 aliphatic rings. The first-order chi connectivity index (χ1) is 21.3. The minimum absolute atomic E-state index is 0.632. The van der Waals surface area contributed by atoms with Gasteiger partial charge in [-0.2, -0.15) is 0 Å². The number of aromatic nitrogens is 3. The Morgan fingerprint density at radius 1 is 0.349 bits per heavy atom. The fourth-order valence-electron chi connectivity index (χ4n) is 6.10. The summed E-state index contributed by atoms with van der Waals surface area (Å²) in [4.78, 5) is 15.1. The fourth-order valence-corrected chi connectivity index (χ4v) is 6.10. The maximum Gasteiger partial charge on any atom is 0.164 e. The van der Waals surface area contributed by atoms with Crippen molar-refractivity contribution >= 4 is 54.3 Å². The summed E-state index contributed by atoms with van der Waals surface area (Å²) in [6, 6.07) is 48.2. The van der Waals surface area contributed by atoms with Crippen molar-refractivity contribution in [1.82, 2.24) is 15.0 Å². The lowest BCUT2D eigenvalue weighted by Gasteiger charge is -2.10. The van der Waals surface area contributed by atoms with E-state index in [1.807, 2.05) is 12.1 Å². The average molecular weight is 550 g/mol. The maximum atomic E-state index is 6.19. The first-order valence-electron chi connectivity index (χ1n) is 14.4. The topological polar surface area (TPSA) is 51.8 Å². The van der Waals surface area contributed by atoms with Crippen LogP contribution in [0.15, 0.2) is 144 Å². The van der Waals surface area contributed by atoms with Crippen molar-refractivity contribution in [3.05, 3.63) is 140 Å². The highest BCUT2D eigenvalue weighted by Crippen LogP contribution is 2.36. The Morgan fingerprint density at radius 3 is 1.47 bits per heavy atom. The number of furan rings is 1. The molecule has 43 heavy (non-hydrogen) atoms. The summed E-state index contributed by atoms with van der Waals surface area (Å²) in [5.74, 6) is 1.92. The van der Waals surface area contributed by atoms with Crippen LogP contribution in [-0.2, 0) is 0 Å². The molecule has 0 aliphatic heterocycles. The van der Waals surface area contributed by atoms with Gasteiger partial charge in [0.2, 0.25) is 0 Å². The smallest absolute Gasteiger partial charge is 0.164 e. The molecule has 2 heterocycles. The van der Waals surface area contributed by atoms with Crippen LogP contribution in [0.4, 0.5) is 0 Å². The van der Waals surface area contributed by atoms with E-state index in [-0.39, 0.29) is 0 Å². The van der Waals surface area contributed by atoms with Crippen LogP contribution < -0.4 is 0 Å². The standard InChI is InChI=1S/C39H23N3O/c1-3-9-27-21-29(16-13-24(27)7-1)37-40-38(30-17-14-25-8-2-4-10-28(25)22-30)42-39(41-37)31-18-15-26-19-20-35-36(33(26)23-31)32-11-5-6-12-34(32)43-35/h1-23H. The number of hydrogen-bond acceptors (Lipinski definition) is 4. The Labute approximate surface area is 246 Å². The second-order valence-corrected chi connectivity index (χ2v) is 10.9. The molecule has 0 radical (unpaired) electrons. The summed E-state index contributed by atoms with van der Waals surface area (Å²) in [5, 5.41) is 9.12. The number of hydrogen-bond donors (Lipinski definition) is 0. The quantitative estimate of drug-likeness (QED) is 0.220. The van der Waals surface area contributed by atoms with E-state index >= 15 is 0 Å². The summed E-state index contributed by atoms with van der Waals surface area (Å²) in [6.45, 7) is 0. The van der Waals surface area contributed by atoms with Crippen molar-refractivity contribution in [3.63, 3.8) is 0 Å². The molecule has 200 valence electrons. The Bertz CT molecular complexity index is 2430. The van der Waals surface area contributed by atoms with Crippen LogP contribution in [-0.4, -0.2) is 15.0 Å². The molecule has 0 atom stereocenters. The largest absolute Gasteiger partial charge is 0.456 e. The summed E-state index contributed by atoms with van der Waals surface area (Å²) in [5.41, 5.74) is 4.58. The first kappa shape index (κ1) is 23.8. The lowest BCUT2D eigenvalue weighted by atomic mass is 10.0. The van der Waals surface area contributed by atoms with Crippen molar-refractivity contribution in [2.24, 2.45) is 0 Å². The molecule has 4 heteroatoms. The van der Waals surface area contributed by atoms with Crippen molar-refractivity contribution in [3.8, 4) is 34.2 Å². The van der Waals surface area contributed by atoms with Gasteiger partial charge in [-0.25, -0.2) is 15.0 Å². The molecule has 0 fully saturated rings. The van der Waals surface area contributed by atoms with E-state index in [0.29, 0.717) is 17.5 Å². The van der Waals surface area contributed by atoms with E-state index in [1.54, 1.807) is 0 Å². The normalized spacial score (nSPS) is 11.7. The molecule has 4 nitrogen and oxygen atoms in total. The minimum atomic E-state index is 0.632. The van der Waals surface area contributed by atoms with Crippen molar-refractivity contribution in [2.45, 2.75) is 0 Å². The predicted octanol–water partition coefficient (Wildman–Crippen LogP) is 10.2. The molecule has 0 spiro atoms. The van der Waals surface area contributed by atoms with Gasteiger partial charge in [-0.3, -0.25) is 0 Å². The van der Waals surface area contributed by atoms with Crippen LogP contribution in [0.3, 0.4) is 0 Å². The van der Waals surface area contributed by atoms with Gasteiger partial charge in [-0.1, -0.05) is 109 Å². The molecule has 0 saturated heterocycles. The van der Waals surface area contributed by atoms with Gasteiger partial charge < -0.3 is 4.42 Å². The van der Waals surface area contributed by atoms with Crippen LogP contribution in [0.2, 0.25) is 0 Å². The Hall–Kier alpha value is -5.87. The van der Waals surface area contributed by atoms with Crippen LogP contribution in [0.1, 0.15) is 0 Å². The van der Waals surface area contributed by atoms with Gasteiger partial charge in [-0.05, 0) is 62.6 Å². The zero-order valence-electron chi connectivity index (χ0n) is 23.0. The highest BCUT2D eigenvalue weighted by molar-refractivity contribution is 6.19. The monoisotopic (exact) mass is 549 g/mol. The minimum Gasteiger partial charge on any atom is -0.456 e. The first-order valence-corrected chi connectivity index (χ1v) is 14.4. The Balaban J connectivity index is 1.29. The van der Waals surface area contributed by atoms with E-state index in [2.05, 4.69) is 127 Å². The molecule has 0 bridgehead atoms. The molecule has 7 aromatic carbocycles. The molecule has 0 unspecified atom stereocenters. The highest BCUT2D eigenvalue weighted by Gasteiger charge is 2.16. The van der Waals surface area contributed by atoms with Gasteiger partial charge >= 0.3 is 0 Å². The maximum absolute atomic E-state index is 6.19. The molecule has 0 N–H and O–H groups in total. The van der Waals surface area contributed by atoms with Crippen molar-refractivity contribution in [1.29, 1.82) is 0 Å². The zero-order valence-corrected chi connectivity index (χ0v) is 23.0. The number of para-hydroxylation sites is 1. The summed E-state index contributed by atoms with van der Waals surface area (Å²) < 4.78 is 6.19. The van der Waals surface area contributed by atoms with E-state index in [1.165, 1.54) is 10.8 Å². The van der Waals surface area contributed by atoms with Crippen LogP contribution >= 0.6 is 0 Å². The summed E-state index contributed by atoms with van der Waals surface area (Å²) >= 11 is 0. The van der Waals surface area contributed by atoms with E-state index in [9.17, 15) is 0 Å². The van der Waals surface area contributed by atoms with Crippen LogP contribution in [0.5, 0.6) is 0 Å². The van der Waals surface area contributed by atoms with Crippen LogP contribution in [0, 0.1) is 0 Å². The number of nitrogens with zero attached hydrogens (tertiary/aromatic N) is 3. The van der Waals surface area contributed by atoms with Crippen LogP contribution in [0.25, 0.3) is 88.4 Å². The second kappa shape index (κ2) is 9.33. The molecule has 2 aromatic heterocycles. The SMILES string of the molecule is c1ccc2cc(-c3nc(-c4ccc5ccccc5c4)nc(-c4ccc5ccc6oc7ccccc7c6c5c4)n3)ccc2c1. The van der Waals surface area contributed by atoms with E-state index < -0.39 is 0 Å². The van der Waals surface area contributed by atoms with Gasteiger partial charge in [0, 0.05) is 27.5 Å². The summed E-state index contributed by atoms with van der Waals surface area (Å²) in [7, 11) is 0. The van der Waals surface area contributed by atoms with Gasteiger partial charge in [0.05, 0.1) is 0 Å².